The first-order chi connectivity index (χ1) is 6.97. The predicted molar refractivity (Wildman–Crippen MR) is 56.9 cm³/mol. The Balaban J connectivity index is 3.42. The number of hydrogen-bond acceptors (Lipinski definition) is 4. The summed E-state index contributed by atoms with van der Waals surface area (Å²) in [7, 11) is 2.87. The van der Waals surface area contributed by atoms with Crippen LogP contribution in [-0.4, -0.2) is 19.1 Å². The number of nitro benzene ring substituents is 1. The van der Waals surface area contributed by atoms with Gasteiger partial charge < -0.3 is 8.66 Å². The fourth-order valence-electron chi connectivity index (χ4n) is 1.09. The van der Waals surface area contributed by atoms with Gasteiger partial charge in [0.2, 0.25) is 5.82 Å². The van der Waals surface area contributed by atoms with Gasteiger partial charge in [-0.3, -0.25) is 10.1 Å². The van der Waals surface area contributed by atoms with Gasteiger partial charge in [0.15, 0.2) is 0 Å². The summed E-state index contributed by atoms with van der Waals surface area (Å²) in [6.45, 7) is 0. The van der Waals surface area contributed by atoms with Gasteiger partial charge in [-0.1, -0.05) is 0 Å². The van der Waals surface area contributed by atoms with Crippen LogP contribution in [-0.2, 0) is 0 Å². The minimum absolute atomic E-state index is 0.0943. The van der Waals surface area contributed by atoms with E-state index < -0.39 is 16.4 Å². The van der Waals surface area contributed by atoms with Crippen LogP contribution in [0.5, 0.6) is 5.75 Å². The summed E-state index contributed by atoms with van der Waals surface area (Å²) >= 11 is 3.01. The summed E-state index contributed by atoms with van der Waals surface area (Å²) in [5, 5.41) is 10.6. The molecule has 1 aromatic carbocycles. The van der Waals surface area contributed by atoms with Crippen LogP contribution in [0.4, 0.5) is 15.8 Å². The van der Waals surface area contributed by atoms with Crippen molar-refractivity contribution in [3.05, 3.63) is 28.1 Å². The van der Waals surface area contributed by atoms with Crippen molar-refractivity contribution in [2.45, 2.75) is 0 Å². The highest BCUT2D eigenvalue weighted by atomic mass is 79.9. The van der Waals surface area contributed by atoms with E-state index in [-0.39, 0.29) is 11.4 Å². The number of rotatable bonds is 3. The number of anilines is 1. The lowest BCUT2D eigenvalue weighted by Crippen LogP contribution is -2.06. The molecule has 0 amide bonds. The summed E-state index contributed by atoms with van der Waals surface area (Å²) < 4.78 is 19.4. The minimum atomic E-state index is -0.930. The normalized spacial score (nSPS) is 9.87. The maximum absolute atomic E-state index is 13.3. The molecule has 0 heterocycles. The van der Waals surface area contributed by atoms with Gasteiger partial charge in [0.25, 0.3) is 0 Å². The molecule has 1 rings (SSSR count). The van der Waals surface area contributed by atoms with Crippen LogP contribution in [0.1, 0.15) is 0 Å². The summed E-state index contributed by atoms with van der Waals surface area (Å²) in [6, 6.07) is 2.34. The van der Waals surface area contributed by atoms with Crippen LogP contribution >= 0.6 is 16.1 Å². The molecule has 0 fully saturated rings. The van der Waals surface area contributed by atoms with Crippen molar-refractivity contribution < 1.29 is 14.1 Å². The summed E-state index contributed by atoms with van der Waals surface area (Å²) in [5.41, 5.74) is -0.493. The van der Waals surface area contributed by atoms with Gasteiger partial charge >= 0.3 is 5.69 Å². The number of ether oxygens (including phenoxy) is 1. The molecule has 5 nitrogen and oxygen atoms in total. The van der Waals surface area contributed by atoms with Crippen molar-refractivity contribution in [1.29, 1.82) is 0 Å². The molecule has 0 atom stereocenters. The Kier molecular flexibility index (Phi) is 3.46. The van der Waals surface area contributed by atoms with E-state index >= 15 is 0 Å². The van der Waals surface area contributed by atoms with Crippen LogP contribution < -0.4 is 8.66 Å². The summed E-state index contributed by atoms with van der Waals surface area (Å²) in [6.07, 6.45) is 0. The second-order valence-electron chi connectivity index (χ2n) is 2.71. The second kappa shape index (κ2) is 4.43. The Morgan fingerprint density at radius 1 is 1.60 bits per heavy atom. The zero-order chi connectivity index (χ0) is 11.6. The fourth-order valence-corrected chi connectivity index (χ4v) is 1.36. The van der Waals surface area contributed by atoms with Crippen molar-refractivity contribution in [1.82, 2.24) is 0 Å². The standard InChI is InChI=1S/C8H8BrFN2O3/c1-11(9)7-4-5(15-2)3-6(10)8(7)12(13)14/h3-4H,1-2H3. The lowest BCUT2D eigenvalue weighted by atomic mass is 10.2. The molecule has 0 unspecified atom stereocenters. The second-order valence-corrected chi connectivity index (χ2v) is 3.78. The number of methoxy groups -OCH3 is 1. The van der Waals surface area contributed by atoms with E-state index in [0.717, 1.165) is 6.07 Å². The topological polar surface area (TPSA) is 55.6 Å². The maximum Gasteiger partial charge on any atom is 0.328 e. The predicted octanol–water partition coefficient (Wildman–Crippen LogP) is 2.49. The number of halogens is 2. The zero-order valence-corrected chi connectivity index (χ0v) is 9.62. The molecular weight excluding hydrogens is 271 g/mol. The van der Waals surface area contributed by atoms with E-state index in [1.165, 1.54) is 24.1 Å². The number of benzene rings is 1. The lowest BCUT2D eigenvalue weighted by molar-refractivity contribution is -0.386. The zero-order valence-electron chi connectivity index (χ0n) is 8.03. The average Bonchev–Trinajstić information content (AvgIpc) is 2.15. The molecule has 0 aliphatic heterocycles. The molecule has 82 valence electrons. The monoisotopic (exact) mass is 278 g/mol. The molecular formula is C8H8BrFN2O3. The highest BCUT2D eigenvalue weighted by Crippen LogP contribution is 2.35. The highest BCUT2D eigenvalue weighted by molar-refractivity contribution is 9.10. The Bertz CT molecular complexity index is 398. The number of nitrogens with zero attached hydrogens (tertiary/aromatic N) is 2. The third-order valence-corrected chi connectivity index (χ3v) is 2.15. The van der Waals surface area contributed by atoms with Crippen LogP contribution in [0.25, 0.3) is 0 Å². The molecule has 0 saturated heterocycles. The average molecular weight is 279 g/mol. The Hall–Kier alpha value is -1.37. The molecule has 0 aliphatic rings. The van der Waals surface area contributed by atoms with Gasteiger partial charge in [0.1, 0.15) is 11.4 Å². The third-order valence-electron chi connectivity index (χ3n) is 1.77. The van der Waals surface area contributed by atoms with Gasteiger partial charge in [0.05, 0.1) is 12.0 Å². The SMILES string of the molecule is COc1cc(F)c([N+](=O)[O-])c(N(C)Br)c1. The van der Waals surface area contributed by atoms with Gasteiger partial charge in [-0.25, -0.2) is 0 Å². The summed E-state index contributed by atoms with van der Waals surface area (Å²) in [5.74, 6) is -0.708. The van der Waals surface area contributed by atoms with Crippen LogP contribution in [0.2, 0.25) is 0 Å². The van der Waals surface area contributed by atoms with Crippen molar-refractivity contribution in [3.63, 3.8) is 0 Å². The van der Waals surface area contributed by atoms with Gasteiger partial charge in [-0.15, -0.1) is 0 Å². The first-order valence-electron chi connectivity index (χ1n) is 3.88. The van der Waals surface area contributed by atoms with Crippen LogP contribution in [0, 0.1) is 15.9 Å². The molecule has 0 aliphatic carbocycles. The van der Waals surface area contributed by atoms with Crippen molar-refractivity contribution in [2.24, 2.45) is 0 Å². The van der Waals surface area contributed by atoms with Crippen molar-refractivity contribution in [3.8, 4) is 5.75 Å². The minimum Gasteiger partial charge on any atom is -0.497 e. The van der Waals surface area contributed by atoms with E-state index in [9.17, 15) is 14.5 Å². The molecule has 1 aromatic rings. The first kappa shape index (κ1) is 11.7. The number of nitro groups is 1. The lowest BCUT2D eigenvalue weighted by Gasteiger charge is -2.11. The quantitative estimate of drug-likeness (QED) is 0.484. The van der Waals surface area contributed by atoms with Crippen molar-refractivity contribution >= 4 is 27.5 Å². The smallest absolute Gasteiger partial charge is 0.328 e. The Labute approximate surface area is 93.9 Å². The van der Waals surface area contributed by atoms with E-state index in [1.54, 1.807) is 0 Å². The van der Waals surface area contributed by atoms with E-state index in [1.807, 2.05) is 0 Å². The Morgan fingerprint density at radius 2 is 2.20 bits per heavy atom. The largest absolute Gasteiger partial charge is 0.497 e. The Morgan fingerprint density at radius 3 is 2.60 bits per heavy atom. The molecule has 0 bridgehead atoms. The molecule has 0 N–H and O–H groups in total. The molecule has 0 radical (unpaired) electrons. The fraction of sp³-hybridized carbons (Fsp3) is 0.250. The van der Waals surface area contributed by atoms with Crippen molar-refractivity contribution in [2.75, 3.05) is 18.1 Å². The molecule has 7 heteroatoms. The molecule has 15 heavy (non-hydrogen) atoms. The van der Waals surface area contributed by atoms with Crippen LogP contribution in [0.15, 0.2) is 12.1 Å². The molecule has 0 aromatic heterocycles. The van der Waals surface area contributed by atoms with Crippen LogP contribution in [0.3, 0.4) is 0 Å². The van der Waals surface area contributed by atoms with E-state index in [4.69, 9.17) is 4.74 Å². The highest BCUT2D eigenvalue weighted by Gasteiger charge is 2.23. The van der Waals surface area contributed by atoms with Gasteiger partial charge in [0, 0.05) is 35.3 Å². The third kappa shape index (κ3) is 2.35. The summed E-state index contributed by atoms with van der Waals surface area (Å²) in [4.78, 5) is 9.85. The van der Waals surface area contributed by atoms with Gasteiger partial charge in [-0.05, 0) is 0 Å². The molecule has 0 spiro atoms. The van der Waals surface area contributed by atoms with Gasteiger partial charge in [-0.2, -0.15) is 4.39 Å². The van der Waals surface area contributed by atoms with E-state index in [2.05, 4.69) is 16.1 Å². The number of hydrogen-bond donors (Lipinski definition) is 0. The first-order valence-corrected chi connectivity index (χ1v) is 4.59. The molecule has 0 saturated carbocycles. The van der Waals surface area contributed by atoms with E-state index in [0.29, 0.717) is 0 Å². The maximum atomic E-state index is 13.3.